The minimum atomic E-state index is -1.62. The first-order valence-electron chi connectivity index (χ1n) is 4.96. The topological polar surface area (TPSA) is 111 Å². The van der Waals surface area contributed by atoms with Crippen LogP contribution in [0.2, 0.25) is 0 Å². The zero-order valence-electron chi connectivity index (χ0n) is 8.16. The summed E-state index contributed by atoms with van der Waals surface area (Å²) in [5.74, 6) is -1.40. The second-order valence-electron chi connectivity index (χ2n) is 4.35. The van der Waals surface area contributed by atoms with Gasteiger partial charge < -0.3 is 19.9 Å². The summed E-state index contributed by atoms with van der Waals surface area (Å²) in [5, 5.41) is 23.1. The molecule has 0 spiro atoms. The van der Waals surface area contributed by atoms with E-state index in [1.807, 2.05) is 0 Å². The van der Waals surface area contributed by atoms with Gasteiger partial charge in [0.25, 0.3) is 11.9 Å². The molecule has 3 saturated heterocycles. The first-order chi connectivity index (χ1) is 7.51. The Labute approximate surface area is 89.7 Å². The number of carbonyl (C=O) groups is 1. The van der Waals surface area contributed by atoms with Crippen LogP contribution in [0.1, 0.15) is 6.42 Å². The lowest BCUT2D eigenvalue weighted by Crippen LogP contribution is -2.70. The molecule has 3 rings (SSSR count). The monoisotopic (exact) mass is 230 g/mol. The number of nitrogens with zero attached hydrogens (tertiary/aromatic N) is 1. The van der Waals surface area contributed by atoms with Gasteiger partial charge in [0, 0.05) is 11.3 Å². The van der Waals surface area contributed by atoms with Crippen LogP contribution < -0.4 is 5.32 Å². The summed E-state index contributed by atoms with van der Waals surface area (Å²) in [5.41, 5.74) is -1.62. The number of rotatable bonds is 1. The van der Waals surface area contributed by atoms with Crippen LogP contribution in [0.25, 0.3) is 0 Å². The molecule has 2 N–H and O–H groups in total. The lowest BCUT2D eigenvalue weighted by molar-refractivity contribution is -0.526. The molecule has 3 fully saturated rings. The van der Waals surface area contributed by atoms with Gasteiger partial charge in [-0.2, -0.15) is 0 Å². The molecule has 4 unspecified atom stereocenters. The Balaban J connectivity index is 1.99. The van der Waals surface area contributed by atoms with E-state index >= 15 is 0 Å². The van der Waals surface area contributed by atoms with Crippen LogP contribution in [0.3, 0.4) is 0 Å². The van der Waals surface area contributed by atoms with Gasteiger partial charge in [0.2, 0.25) is 6.29 Å². The Bertz CT molecular complexity index is 374. The third kappa shape index (κ3) is 1.11. The van der Waals surface area contributed by atoms with Crippen molar-refractivity contribution in [1.29, 1.82) is 0 Å². The van der Waals surface area contributed by atoms with E-state index in [2.05, 4.69) is 5.32 Å². The van der Waals surface area contributed by atoms with Crippen LogP contribution in [-0.2, 0) is 14.3 Å². The highest BCUT2D eigenvalue weighted by atomic mass is 16.7. The molecule has 0 aromatic carbocycles. The summed E-state index contributed by atoms with van der Waals surface area (Å²) in [6.45, 7) is 0.178. The van der Waals surface area contributed by atoms with Gasteiger partial charge in [0.15, 0.2) is 5.72 Å². The molecule has 16 heavy (non-hydrogen) atoms. The zero-order valence-corrected chi connectivity index (χ0v) is 8.16. The minimum Gasteiger partial charge on any atom is -0.366 e. The normalized spacial score (nSPS) is 49.9. The van der Waals surface area contributed by atoms with E-state index in [0.717, 1.165) is 0 Å². The Morgan fingerprint density at radius 2 is 2.38 bits per heavy atom. The van der Waals surface area contributed by atoms with Gasteiger partial charge in [-0.1, -0.05) is 0 Å². The molecule has 3 heterocycles. The number of aliphatic hydroxyl groups is 1. The van der Waals surface area contributed by atoms with Crippen molar-refractivity contribution in [3.05, 3.63) is 10.1 Å². The molecule has 3 aliphatic rings. The third-order valence-corrected chi connectivity index (χ3v) is 3.37. The van der Waals surface area contributed by atoms with E-state index in [4.69, 9.17) is 9.47 Å². The first kappa shape index (κ1) is 9.94. The quantitative estimate of drug-likeness (QED) is 0.406. The van der Waals surface area contributed by atoms with Crippen molar-refractivity contribution in [2.75, 3.05) is 6.61 Å². The average Bonchev–Trinajstić information content (AvgIpc) is 2.60. The third-order valence-electron chi connectivity index (χ3n) is 3.37. The van der Waals surface area contributed by atoms with Crippen LogP contribution >= 0.6 is 0 Å². The fourth-order valence-electron chi connectivity index (χ4n) is 2.64. The summed E-state index contributed by atoms with van der Waals surface area (Å²) in [6.07, 6.45) is -1.29. The highest BCUT2D eigenvalue weighted by Gasteiger charge is 2.63. The molecule has 3 aliphatic heterocycles. The van der Waals surface area contributed by atoms with Gasteiger partial charge in [-0.15, -0.1) is 0 Å². The molecule has 4 bridgehead atoms. The Hall–Kier alpha value is -1.25. The SMILES string of the molecule is O=C1NC2(O)CC(C3COC2O3)[C@@H]1[N+](=O)[O-]. The summed E-state index contributed by atoms with van der Waals surface area (Å²) in [4.78, 5) is 21.7. The molecule has 8 nitrogen and oxygen atoms in total. The highest BCUT2D eigenvalue weighted by Crippen LogP contribution is 2.42. The predicted octanol–water partition coefficient (Wildman–Crippen LogP) is -1.79. The zero-order chi connectivity index (χ0) is 11.5. The molecule has 1 amide bonds. The van der Waals surface area contributed by atoms with Crippen molar-refractivity contribution in [3.63, 3.8) is 0 Å². The van der Waals surface area contributed by atoms with Gasteiger partial charge in [-0.25, -0.2) is 0 Å². The van der Waals surface area contributed by atoms with Crippen molar-refractivity contribution in [1.82, 2.24) is 5.32 Å². The smallest absolute Gasteiger partial charge is 0.297 e. The van der Waals surface area contributed by atoms with Crippen LogP contribution in [0.4, 0.5) is 0 Å². The van der Waals surface area contributed by atoms with Crippen LogP contribution in [0.5, 0.6) is 0 Å². The van der Waals surface area contributed by atoms with Gasteiger partial charge >= 0.3 is 0 Å². The maximum absolute atomic E-state index is 11.5. The van der Waals surface area contributed by atoms with Crippen LogP contribution in [0.15, 0.2) is 0 Å². The summed E-state index contributed by atoms with van der Waals surface area (Å²) >= 11 is 0. The van der Waals surface area contributed by atoms with E-state index in [1.54, 1.807) is 0 Å². The summed E-state index contributed by atoms with van der Waals surface area (Å²) in [6, 6.07) is -1.37. The van der Waals surface area contributed by atoms with Crippen molar-refractivity contribution in [2.24, 2.45) is 5.92 Å². The Kier molecular flexibility index (Phi) is 1.80. The van der Waals surface area contributed by atoms with E-state index in [-0.39, 0.29) is 13.0 Å². The van der Waals surface area contributed by atoms with E-state index in [1.165, 1.54) is 0 Å². The number of amides is 1. The molecule has 0 radical (unpaired) electrons. The number of piperidine rings is 1. The van der Waals surface area contributed by atoms with E-state index < -0.39 is 40.9 Å². The maximum atomic E-state index is 11.5. The second kappa shape index (κ2) is 2.90. The molecule has 0 saturated carbocycles. The molecule has 0 aliphatic carbocycles. The standard InChI is InChI=1S/C8H10N2O6/c11-6-5(10(13)14)3-1-8(12,9-6)7-15-2-4(3)16-7/h3-5,7,12H,1-2H2,(H,9,11)/t3?,4?,5-,7?,8?/m0/s1. The lowest BCUT2D eigenvalue weighted by Gasteiger charge is -2.44. The number of fused-ring (bicyclic) bond motifs is 6. The molecule has 0 aromatic heterocycles. The maximum Gasteiger partial charge on any atom is 0.297 e. The fraction of sp³-hybridized carbons (Fsp3) is 0.875. The highest BCUT2D eigenvalue weighted by molar-refractivity contribution is 5.82. The number of ether oxygens (including phenoxy) is 2. The van der Waals surface area contributed by atoms with Crippen molar-refractivity contribution < 1.29 is 24.3 Å². The molecule has 5 atom stereocenters. The molecular formula is C8H10N2O6. The van der Waals surface area contributed by atoms with Crippen LogP contribution in [-0.4, -0.2) is 46.7 Å². The minimum absolute atomic E-state index is 0.0969. The fourth-order valence-corrected chi connectivity index (χ4v) is 2.64. The molecule has 88 valence electrons. The van der Waals surface area contributed by atoms with Gasteiger partial charge in [-0.05, 0) is 0 Å². The molecule has 8 heteroatoms. The van der Waals surface area contributed by atoms with E-state index in [0.29, 0.717) is 0 Å². The number of nitrogens with one attached hydrogen (secondary N) is 1. The second-order valence-corrected chi connectivity index (χ2v) is 4.35. The Morgan fingerprint density at radius 3 is 3.06 bits per heavy atom. The summed E-state index contributed by atoms with van der Waals surface area (Å²) < 4.78 is 10.5. The first-order valence-corrected chi connectivity index (χ1v) is 4.96. The molecule has 0 aromatic rings. The lowest BCUT2D eigenvalue weighted by atomic mass is 9.80. The van der Waals surface area contributed by atoms with Crippen molar-refractivity contribution in [3.8, 4) is 0 Å². The Morgan fingerprint density at radius 1 is 1.62 bits per heavy atom. The van der Waals surface area contributed by atoms with Crippen molar-refractivity contribution >= 4 is 5.91 Å². The van der Waals surface area contributed by atoms with Crippen molar-refractivity contribution in [2.45, 2.75) is 30.6 Å². The summed E-state index contributed by atoms with van der Waals surface area (Å²) in [7, 11) is 0. The average molecular weight is 230 g/mol. The predicted molar refractivity (Wildman–Crippen MR) is 46.6 cm³/mol. The van der Waals surface area contributed by atoms with Gasteiger partial charge in [-0.3, -0.25) is 14.9 Å². The van der Waals surface area contributed by atoms with Gasteiger partial charge in [0.1, 0.15) is 0 Å². The van der Waals surface area contributed by atoms with Gasteiger partial charge in [0.05, 0.1) is 18.6 Å². The number of hydrogen-bond acceptors (Lipinski definition) is 6. The van der Waals surface area contributed by atoms with E-state index in [9.17, 15) is 20.0 Å². The van der Waals surface area contributed by atoms with Crippen LogP contribution in [0, 0.1) is 16.0 Å². The molecular weight excluding hydrogens is 220 g/mol. The number of nitro groups is 1. The number of carbonyl (C=O) groups excluding carboxylic acids is 1. The number of hydrogen-bond donors (Lipinski definition) is 2. The largest absolute Gasteiger partial charge is 0.366 e.